The van der Waals surface area contributed by atoms with Crippen LogP contribution in [0.15, 0.2) is 6.20 Å². The van der Waals surface area contributed by atoms with Gasteiger partial charge in [0.2, 0.25) is 0 Å². The molecular formula is C8H8BrF3N2O. The van der Waals surface area contributed by atoms with Gasteiger partial charge in [0.1, 0.15) is 0 Å². The maximum atomic E-state index is 12.0. The molecule has 0 amide bonds. The summed E-state index contributed by atoms with van der Waals surface area (Å²) in [5, 5.41) is 0.219. The van der Waals surface area contributed by atoms with Crippen LogP contribution in [0.5, 0.6) is 5.75 Å². The maximum absolute atomic E-state index is 12.0. The average molecular weight is 285 g/mol. The molecule has 0 aromatic carbocycles. The lowest BCUT2D eigenvalue weighted by atomic mass is 10.1. The van der Waals surface area contributed by atoms with E-state index in [0.717, 1.165) is 0 Å². The van der Waals surface area contributed by atoms with E-state index >= 15 is 0 Å². The molecule has 1 aromatic rings. The number of halogens is 4. The third kappa shape index (κ3) is 2.98. The zero-order chi connectivity index (χ0) is 11.6. The van der Waals surface area contributed by atoms with Crippen molar-refractivity contribution >= 4 is 21.7 Å². The van der Waals surface area contributed by atoms with Crippen LogP contribution >= 0.6 is 15.9 Å². The van der Waals surface area contributed by atoms with Crippen LogP contribution in [0.2, 0.25) is 0 Å². The van der Waals surface area contributed by atoms with Crippen LogP contribution in [0.4, 0.5) is 19.0 Å². The summed E-state index contributed by atoms with van der Waals surface area (Å²) >= 11 is 3.07. The molecule has 0 unspecified atom stereocenters. The van der Waals surface area contributed by atoms with Gasteiger partial charge in [-0.25, -0.2) is 4.98 Å². The van der Waals surface area contributed by atoms with Crippen LogP contribution in [-0.2, 0) is 5.33 Å². The van der Waals surface area contributed by atoms with Crippen LogP contribution in [0.1, 0.15) is 11.1 Å². The van der Waals surface area contributed by atoms with Crippen molar-refractivity contribution in [2.45, 2.75) is 18.6 Å². The Morgan fingerprint density at radius 1 is 1.53 bits per heavy atom. The van der Waals surface area contributed by atoms with E-state index in [9.17, 15) is 13.2 Å². The van der Waals surface area contributed by atoms with Gasteiger partial charge in [-0.1, -0.05) is 15.9 Å². The molecule has 0 bridgehead atoms. The second-order valence-corrected chi connectivity index (χ2v) is 3.38. The van der Waals surface area contributed by atoms with E-state index in [1.54, 1.807) is 6.92 Å². The number of nitrogens with two attached hydrogens (primary N) is 1. The number of nitrogens with zero attached hydrogens (tertiary/aromatic N) is 1. The number of ether oxygens (including phenoxy) is 1. The number of hydrogen-bond donors (Lipinski definition) is 1. The maximum Gasteiger partial charge on any atom is 0.573 e. The predicted octanol–water partition coefficient (Wildman–Crippen LogP) is 2.77. The molecule has 0 radical (unpaired) electrons. The molecule has 0 aliphatic carbocycles. The zero-order valence-electron chi connectivity index (χ0n) is 7.73. The fourth-order valence-corrected chi connectivity index (χ4v) is 1.73. The van der Waals surface area contributed by atoms with Crippen molar-refractivity contribution in [3.05, 3.63) is 17.3 Å². The van der Waals surface area contributed by atoms with E-state index in [-0.39, 0.29) is 11.1 Å². The summed E-state index contributed by atoms with van der Waals surface area (Å²) in [6, 6.07) is 0. The molecular weight excluding hydrogens is 277 g/mol. The lowest BCUT2D eigenvalue weighted by Gasteiger charge is -2.14. The Morgan fingerprint density at radius 2 is 2.13 bits per heavy atom. The molecule has 84 valence electrons. The quantitative estimate of drug-likeness (QED) is 0.850. The smallest absolute Gasteiger partial charge is 0.401 e. The highest BCUT2D eigenvalue weighted by molar-refractivity contribution is 9.08. The van der Waals surface area contributed by atoms with E-state index in [2.05, 4.69) is 25.7 Å². The Bertz CT molecular complexity index is 368. The number of aryl methyl sites for hydroxylation is 1. The van der Waals surface area contributed by atoms with Crippen molar-refractivity contribution in [2.75, 3.05) is 5.73 Å². The molecule has 3 nitrogen and oxygen atoms in total. The van der Waals surface area contributed by atoms with E-state index < -0.39 is 12.1 Å². The molecule has 0 fully saturated rings. The molecule has 0 spiro atoms. The summed E-state index contributed by atoms with van der Waals surface area (Å²) in [5.41, 5.74) is 6.25. The number of hydrogen-bond acceptors (Lipinski definition) is 3. The van der Waals surface area contributed by atoms with Gasteiger partial charge in [0.25, 0.3) is 0 Å². The monoisotopic (exact) mass is 284 g/mol. The summed E-state index contributed by atoms with van der Waals surface area (Å²) in [4.78, 5) is 3.60. The number of rotatable bonds is 2. The fourth-order valence-electron chi connectivity index (χ4n) is 1.03. The SMILES string of the molecule is Cc1cnc(N)c(OC(F)(F)F)c1CBr. The Hall–Kier alpha value is -0.980. The first kappa shape index (κ1) is 12.1. The van der Waals surface area contributed by atoms with Gasteiger partial charge in [-0.2, -0.15) is 0 Å². The van der Waals surface area contributed by atoms with Gasteiger partial charge in [-0.15, -0.1) is 13.2 Å². The van der Waals surface area contributed by atoms with Crippen molar-refractivity contribution in [3.63, 3.8) is 0 Å². The topological polar surface area (TPSA) is 48.1 Å². The van der Waals surface area contributed by atoms with Crippen LogP contribution in [0.3, 0.4) is 0 Å². The molecule has 0 aliphatic heterocycles. The minimum absolute atomic E-state index is 0.219. The number of pyridine rings is 1. The first-order valence-corrected chi connectivity index (χ1v) is 5.03. The molecule has 0 aliphatic rings. The second kappa shape index (κ2) is 4.26. The third-order valence-corrected chi connectivity index (χ3v) is 2.29. The number of anilines is 1. The van der Waals surface area contributed by atoms with Crippen molar-refractivity contribution < 1.29 is 17.9 Å². The third-order valence-electron chi connectivity index (χ3n) is 1.73. The molecule has 2 N–H and O–H groups in total. The summed E-state index contributed by atoms with van der Waals surface area (Å²) < 4.78 is 40.0. The first-order chi connectivity index (χ1) is 6.85. The van der Waals surface area contributed by atoms with Gasteiger partial charge in [0.05, 0.1) is 0 Å². The number of alkyl halides is 4. The molecule has 1 heterocycles. The highest BCUT2D eigenvalue weighted by Crippen LogP contribution is 2.33. The number of aromatic nitrogens is 1. The van der Waals surface area contributed by atoms with Crippen LogP contribution in [0.25, 0.3) is 0 Å². The largest absolute Gasteiger partial charge is 0.573 e. The highest BCUT2D eigenvalue weighted by Gasteiger charge is 2.33. The van der Waals surface area contributed by atoms with E-state index in [1.807, 2.05) is 0 Å². The molecule has 1 rings (SSSR count). The molecule has 1 aromatic heterocycles. The first-order valence-electron chi connectivity index (χ1n) is 3.91. The van der Waals surface area contributed by atoms with E-state index in [1.165, 1.54) is 6.20 Å². The van der Waals surface area contributed by atoms with E-state index in [0.29, 0.717) is 11.1 Å². The van der Waals surface area contributed by atoms with Gasteiger partial charge in [0, 0.05) is 17.1 Å². The van der Waals surface area contributed by atoms with Crippen LogP contribution in [0, 0.1) is 6.92 Å². The second-order valence-electron chi connectivity index (χ2n) is 2.82. The van der Waals surface area contributed by atoms with Gasteiger partial charge < -0.3 is 10.5 Å². The van der Waals surface area contributed by atoms with Gasteiger partial charge in [-0.05, 0) is 12.5 Å². The fraction of sp³-hybridized carbons (Fsp3) is 0.375. The summed E-state index contributed by atoms with van der Waals surface area (Å²) in [6.45, 7) is 1.63. The summed E-state index contributed by atoms with van der Waals surface area (Å²) in [5.74, 6) is -0.702. The van der Waals surface area contributed by atoms with Crippen molar-refractivity contribution in [3.8, 4) is 5.75 Å². The Morgan fingerprint density at radius 3 is 2.60 bits per heavy atom. The standard InChI is InChI=1S/C8H8BrF3N2O/c1-4-3-14-7(13)6(5(4)2-9)15-8(10,11)12/h3H,2H2,1H3,(H2,13,14). The molecule has 15 heavy (non-hydrogen) atoms. The average Bonchev–Trinajstić information content (AvgIpc) is 2.10. The van der Waals surface area contributed by atoms with E-state index in [4.69, 9.17) is 5.73 Å². The van der Waals surface area contributed by atoms with Crippen molar-refractivity contribution in [2.24, 2.45) is 0 Å². The summed E-state index contributed by atoms with van der Waals surface area (Å²) in [6.07, 6.45) is -3.37. The normalized spacial score (nSPS) is 11.5. The Labute approximate surface area is 92.6 Å². The lowest BCUT2D eigenvalue weighted by Crippen LogP contribution is -2.19. The molecule has 0 saturated carbocycles. The van der Waals surface area contributed by atoms with Gasteiger partial charge >= 0.3 is 6.36 Å². The minimum atomic E-state index is -4.76. The van der Waals surface area contributed by atoms with Crippen molar-refractivity contribution in [1.82, 2.24) is 4.98 Å². The molecule has 7 heteroatoms. The summed E-state index contributed by atoms with van der Waals surface area (Å²) in [7, 11) is 0. The zero-order valence-corrected chi connectivity index (χ0v) is 9.32. The predicted molar refractivity (Wildman–Crippen MR) is 52.7 cm³/mol. The van der Waals surface area contributed by atoms with Crippen LogP contribution in [-0.4, -0.2) is 11.3 Å². The molecule has 0 saturated heterocycles. The molecule has 0 atom stereocenters. The number of nitrogen functional groups attached to an aromatic ring is 1. The minimum Gasteiger partial charge on any atom is -0.401 e. The van der Waals surface area contributed by atoms with Gasteiger partial charge in [0.15, 0.2) is 11.6 Å². The Balaban J connectivity index is 3.20. The Kier molecular flexibility index (Phi) is 3.43. The van der Waals surface area contributed by atoms with Crippen molar-refractivity contribution in [1.29, 1.82) is 0 Å². The highest BCUT2D eigenvalue weighted by atomic mass is 79.9. The lowest BCUT2D eigenvalue weighted by molar-refractivity contribution is -0.274. The van der Waals surface area contributed by atoms with Gasteiger partial charge in [-0.3, -0.25) is 0 Å². The van der Waals surface area contributed by atoms with Crippen LogP contribution < -0.4 is 10.5 Å².